The number of halogens is 3. The molecule has 3 N–H and O–H groups in total. The number of fused-ring (bicyclic) bond motifs is 3. The van der Waals surface area contributed by atoms with Crippen molar-refractivity contribution in [2.45, 2.75) is 84.3 Å². The highest BCUT2D eigenvalue weighted by Crippen LogP contribution is 2.35. The Morgan fingerprint density at radius 2 is 2.03 bits per heavy atom. The van der Waals surface area contributed by atoms with Gasteiger partial charge >= 0.3 is 6.36 Å². The van der Waals surface area contributed by atoms with Crippen LogP contribution in [0.3, 0.4) is 0 Å². The fraction of sp³-hybridized carbons (Fsp3) is 0.583. The van der Waals surface area contributed by atoms with E-state index in [1.165, 1.54) is 25.0 Å². The molecule has 1 aromatic carbocycles. The molecule has 33 heavy (non-hydrogen) atoms. The van der Waals surface area contributed by atoms with E-state index in [0.717, 1.165) is 36.8 Å². The van der Waals surface area contributed by atoms with Gasteiger partial charge in [-0.2, -0.15) is 0 Å². The van der Waals surface area contributed by atoms with Gasteiger partial charge in [0.15, 0.2) is 5.82 Å². The molecule has 1 aliphatic heterocycles. The van der Waals surface area contributed by atoms with Gasteiger partial charge in [-0.1, -0.05) is 33.1 Å². The summed E-state index contributed by atoms with van der Waals surface area (Å²) < 4.78 is 47.9. The number of ether oxygens (including phenoxy) is 2. The largest absolute Gasteiger partial charge is 0.573 e. The second-order valence-corrected chi connectivity index (χ2v) is 8.33. The van der Waals surface area contributed by atoms with Gasteiger partial charge in [-0.3, -0.25) is 0 Å². The number of alkyl halides is 3. The van der Waals surface area contributed by atoms with Gasteiger partial charge < -0.3 is 20.5 Å². The molecule has 0 fully saturated rings. The van der Waals surface area contributed by atoms with Crippen LogP contribution >= 0.6 is 0 Å². The molecule has 0 spiro atoms. The van der Waals surface area contributed by atoms with E-state index in [1.54, 1.807) is 6.07 Å². The molecule has 0 bridgehead atoms. The zero-order valence-electron chi connectivity index (χ0n) is 19.3. The minimum Gasteiger partial charge on any atom is -0.406 e. The highest BCUT2D eigenvalue weighted by molar-refractivity contribution is 5.71. The number of unbranched alkanes of at least 4 members (excludes halogenated alkanes) is 2. The first-order chi connectivity index (χ1) is 15.9. The summed E-state index contributed by atoms with van der Waals surface area (Å²) in [5.74, 6) is 0.409. The van der Waals surface area contributed by atoms with Gasteiger partial charge in [0.1, 0.15) is 5.75 Å². The van der Waals surface area contributed by atoms with Crippen LogP contribution in [0.1, 0.15) is 69.1 Å². The lowest BCUT2D eigenvalue weighted by atomic mass is 9.95. The smallest absolute Gasteiger partial charge is 0.406 e. The predicted molar refractivity (Wildman–Crippen MR) is 122 cm³/mol. The first-order valence-electron chi connectivity index (χ1n) is 11.7. The van der Waals surface area contributed by atoms with Crippen molar-refractivity contribution in [1.29, 1.82) is 0 Å². The van der Waals surface area contributed by atoms with Crippen LogP contribution in [0.15, 0.2) is 18.2 Å². The van der Waals surface area contributed by atoms with E-state index in [9.17, 15) is 13.2 Å². The van der Waals surface area contributed by atoms with Crippen LogP contribution in [-0.2, 0) is 24.3 Å². The number of hydrogen-bond acceptors (Lipinski definition) is 6. The summed E-state index contributed by atoms with van der Waals surface area (Å²) in [6.45, 7) is 5.26. The lowest BCUT2D eigenvalue weighted by molar-refractivity contribution is -0.274. The summed E-state index contributed by atoms with van der Waals surface area (Å²) in [5.41, 5.74) is 9.94. The van der Waals surface area contributed by atoms with Gasteiger partial charge in [0.25, 0.3) is 0 Å². The van der Waals surface area contributed by atoms with Crippen molar-refractivity contribution in [1.82, 2.24) is 10.2 Å². The van der Waals surface area contributed by atoms with E-state index in [-0.39, 0.29) is 24.9 Å². The molecule has 1 aliphatic rings. The number of benzene rings is 1. The number of rotatable bonds is 9. The van der Waals surface area contributed by atoms with Gasteiger partial charge in [-0.25, -0.2) is 0 Å². The SMILES string of the molecule is CCCCCC(CC)Nc1nnc2c(c1CN)CCCOCc1cc(OC(F)(F)F)ccc1-2. The van der Waals surface area contributed by atoms with Crippen LogP contribution < -0.4 is 15.8 Å². The molecule has 0 radical (unpaired) electrons. The first kappa shape index (κ1) is 25.2. The number of hydrogen-bond donors (Lipinski definition) is 2. The number of anilines is 1. The molecule has 0 saturated carbocycles. The van der Waals surface area contributed by atoms with Crippen molar-refractivity contribution in [3.05, 3.63) is 34.9 Å². The van der Waals surface area contributed by atoms with E-state index in [2.05, 4.69) is 34.1 Å². The number of nitrogens with one attached hydrogen (secondary N) is 1. The molecule has 1 aromatic heterocycles. The zero-order valence-corrected chi connectivity index (χ0v) is 19.3. The van der Waals surface area contributed by atoms with Gasteiger partial charge in [0, 0.05) is 30.3 Å². The maximum absolute atomic E-state index is 12.7. The van der Waals surface area contributed by atoms with Crippen molar-refractivity contribution in [2.75, 3.05) is 11.9 Å². The highest BCUT2D eigenvalue weighted by Gasteiger charge is 2.31. The second-order valence-electron chi connectivity index (χ2n) is 8.33. The summed E-state index contributed by atoms with van der Waals surface area (Å²) in [4.78, 5) is 0. The maximum atomic E-state index is 12.7. The van der Waals surface area contributed by atoms with Crippen LogP contribution in [0.5, 0.6) is 5.75 Å². The molecule has 182 valence electrons. The average molecular weight is 467 g/mol. The minimum absolute atomic E-state index is 0.165. The van der Waals surface area contributed by atoms with Crippen LogP contribution in [0.2, 0.25) is 0 Å². The van der Waals surface area contributed by atoms with Crippen molar-refractivity contribution in [3.63, 3.8) is 0 Å². The van der Waals surface area contributed by atoms with Crippen LogP contribution in [0.25, 0.3) is 11.3 Å². The fourth-order valence-corrected chi connectivity index (χ4v) is 4.19. The standard InChI is InChI=1S/C24H33F3N4O2/c1-3-5-6-8-17(4-2)29-23-21(14-28)20-9-7-12-32-15-16-13-18(33-24(25,26)27)10-11-19(16)22(20)30-31-23/h10-11,13,17H,3-9,12,14-15,28H2,1-2H3,(H,29,31). The Balaban J connectivity index is 1.99. The van der Waals surface area contributed by atoms with Gasteiger partial charge in [-0.05, 0) is 55.0 Å². The van der Waals surface area contributed by atoms with E-state index in [1.807, 2.05) is 0 Å². The van der Waals surface area contributed by atoms with Gasteiger partial charge in [0.2, 0.25) is 0 Å². The second kappa shape index (κ2) is 11.7. The average Bonchev–Trinajstić information content (AvgIpc) is 2.85. The van der Waals surface area contributed by atoms with Crippen LogP contribution in [0, 0.1) is 0 Å². The monoisotopic (exact) mass is 466 g/mol. The molecule has 6 nitrogen and oxygen atoms in total. The number of aromatic nitrogens is 2. The maximum Gasteiger partial charge on any atom is 0.573 e. The molecule has 1 unspecified atom stereocenters. The lowest BCUT2D eigenvalue weighted by Crippen LogP contribution is -2.22. The topological polar surface area (TPSA) is 82.3 Å². The summed E-state index contributed by atoms with van der Waals surface area (Å²) in [7, 11) is 0. The van der Waals surface area contributed by atoms with Gasteiger partial charge in [-0.15, -0.1) is 23.4 Å². The molecule has 9 heteroatoms. The van der Waals surface area contributed by atoms with Crippen LogP contribution in [-0.4, -0.2) is 29.2 Å². The molecule has 2 aromatic rings. The van der Waals surface area contributed by atoms with Gasteiger partial charge in [0.05, 0.1) is 12.3 Å². The molecule has 1 atom stereocenters. The Labute approximate surface area is 193 Å². The quantitative estimate of drug-likeness (QED) is 0.459. The van der Waals surface area contributed by atoms with E-state index in [4.69, 9.17) is 10.5 Å². The summed E-state index contributed by atoms with van der Waals surface area (Å²) in [6, 6.07) is 4.52. The van der Waals surface area contributed by atoms with Crippen molar-refractivity contribution in [3.8, 4) is 17.0 Å². The molecule has 3 rings (SSSR count). The number of nitrogens with zero attached hydrogens (tertiary/aromatic N) is 2. The van der Waals surface area contributed by atoms with E-state index in [0.29, 0.717) is 35.7 Å². The van der Waals surface area contributed by atoms with Crippen molar-refractivity contribution < 1.29 is 22.6 Å². The number of nitrogens with two attached hydrogens (primary N) is 1. The Bertz CT molecular complexity index is 921. The third kappa shape index (κ3) is 6.80. The molecular weight excluding hydrogens is 433 g/mol. The summed E-state index contributed by atoms with van der Waals surface area (Å²) >= 11 is 0. The third-order valence-electron chi connectivity index (χ3n) is 5.92. The highest BCUT2D eigenvalue weighted by atomic mass is 19.4. The molecule has 0 aliphatic carbocycles. The van der Waals surface area contributed by atoms with Crippen LogP contribution in [0.4, 0.5) is 19.0 Å². The molecule has 0 amide bonds. The lowest BCUT2D eigenvalue weighted by Gasteiger charge is -2.22. The Morgan fingerprint density at radius 1 is 1.21 bits per heavy atom. The summed E-state index contributed by atoms with van der Waals surface area (Å²) in [5, 5.41) is 12.5. The molecule has 2 heterocycles. The fourth-order valence-electron chi connectivity index (χ4n) is 4.19. The Morgan fingerprint density at radius 3 is 2.73 bits per heavy atom. The normalized spacial score (nSPS) is 15.0. The van der Waals surface area contributed by atoms with E-state index >= 15 is 0 Å². The predicted octanol–water partition coefficient (Wildman–Crippen LogP) is 5.73. The van der Waals surface area contributed by atoms with Crippen molar-refractivity contribution >= 4 is 5.82 Å². The minimum atomic E-state index is -4.76. The Hall–Kier alpha value is -2.39. The molecular formula is C24H33F3N4O2. The summed E-state index contributed by atoms with van der Waals surface area (Å²) in [6.07, 6.45) is 2.19. The Kier molecular flexibility index (Phi) is 8.91. The first-order valence-corrected chi connectivity index (χ1v) is 11.7. The molecule has 0 saturated heterocycles. The van der Waals surface area contributed by atoms with E-state index < -0.39 is 6.36 Å². The third-order valence-corrected chi connectivity index (χ3v) is 5.92. The zero-order chi connectivity index (χ0) is 23.8. The van der Waals surface area contributed by atoms with Crippen molar-refractivity contribution in [2.24, 2.45) is 5.73 Å².